The number of likely N-dealkylation sites (tertiary alicyclic amines) is 1. The molecule has 206 valence electrons. The van der Waals surface area contributed by atoms with Crippen LogP contribution < -0.4 is 16.0 Å². The van der Waals surface area contributed by atoms with Gasteiger partial charge in [0.15, 0.2) is 0 Å². The van der Waals surface area contributed by atoms with Crippen molar-refractivity contribution in [3.05, 3.63) is 18.5 Å². The Kier molecular flexibility index (Phi) is 7.40. The van der Waals surface area contributed by atoms with Crippen molar-refractivity contribution >= 4 is 23.6 Å². The summed E-state index contributed by atoms with van der Waals surface area (Å²) in [7, 11) is 0. The summed E-state index contributed by atoms with van der Waals surface area (Å²) in [4.78, 5) is 51.7. The van der Waals surface area contributed by atoms with Gasteiger partial charge >= 0.3 is 12.1 Å². The molecule has 0 unspecified atom stereocenters. The number of aromatic nitrogens is 2. The lowest BCUT2D eigenvalue weighted by molar-refractivity contribution is -0.175. The van der Waals surface area contributed by atoms with Gasteiger partial charge in [-0.15, -0.1) is 0 Å². The minimum Gasteiger partial charge on any atom is -0.356 e. The van der Waals surface area contributed by atoms with Crippen LogP contribution in [-0.2, 0) is 25.7 Å². The van der Waals surface area contributed by atoms with Crippen molar-refractivity contribution in [1.29, 1.82) is 5.26 Å². The maximum absolute atomic E-state index is 13.5. The Balaban J connectivity index is 1.50. The fourth-order valence-electron chi connectivity index (χ4n) is 5.75. The number of halogens is 3. The Morgan fingerprint density at radius 3 is 2.63 bits per heavy atom. The summed E-state index contributed by atoms with van der Waals surface area (Å²) >= 11 is 0. The minimum atomic E-state index is -5.20. The zero-order valence-electron chi connectivity index (χ0n) is 21.0. The Morgan fingerprint density at radius 1 is 1.32 bits per heavy atom. The third kappa shape index (κ3) is 5.46. The molecule has 2 aliphatic heterocycles. The number of piperidine rings is 1. The molecule has 4 rings (SSSR count). The molecule has 3 heterocycles. The van der Waals surface area contributed by atoms with Crippen molar-refractivity contribution in [3.63, 3.8) is 0 Å². The molecule has 2 saturated heterocycles. The van der Waals surface area contributed by atoms with Gasteiger partial charge in [0.1, 0.15) is 18.1 Å². The number of amides is 4. The molecule has 1 aromatic rings. The normalized spacial score (nSPS) is 27.1. The number of hydrogen-bond acceptors (Lipinski definition) is 6. The quantitative estimate of drug-likeness (QED) is 0.414. The number of carbonyl (C=O) groups is 4. The lowest BCUT2D eigenvalue weighted by Crippen LogP contribution is -2.58. The van der Waals surface area contributed by atoms with Gasteiger partial charge in [0.2, 0.25) is 17.7 Å². The predicted octanol–water partition coefficient (Wildman–Crippen LogP) is 0.338. The average molecular weight is 538 g/mol. The van der Waals surface area contributed by atoms with Crippen molar-refractivity contribution in [2.45, 2.75) is 64.0 Å². The van der Waals surface area contributed by atoms with Gasteiger partial charge in [-0.1, -0.05) is 13.8 Å². The number of alkyl halides is 3. The van der Waals surface area contributed by atoms with E-state index in [0.717, 1.165) is 0 Å². The molecule has 1 saturated carbocycles. The number of hydrogen-bond donors (Lipinski definition) is 3. The first-order chi connectivity index (χ1) is 17.8. The van der Waals surface area contributed by atoms with Gasteiger partial charge in [0.05, 0.1) is 12.6 Å². The highest BCUT2D eigenvalue weighted by atomic mass is 19.4. The van der Waals surface area contributed by atoms with Gasteiger partial charge in [-0.05, 0) is 42.6 Å². The second kappa shape index (κ2) is 10.3. The van der Waals surface area contributed by atoms with Crippen LogP contribution in [0.3, 0.4) is 0 Å². The van der Waals surface area contributed by atoms with Crippen LogP contribution in [0, 0.1) is 34.5 Å². The average Bonchev–Trinajstić information content (AvgIpc) is 3.41. The van der Waals surface area contributed by atoms with E-state index in [4.69, 9.17) is 0 Å². The fourth-order valence-corrected chi connectivity index (χ4v) is 5.75. The highest BCUT2D eigenvalue weighted by Gasteiger charge is 2.69. The minimum absolute atomic E-state index is 0.0615. The van der Waals surface area contributed by atoms with Crippen LogP contribution in [-0.4, -0.2) is 75.7 Å². The maximum Gasteiger partial charge on any atom is 0.471 e. The van der Waals surface area contributed by atoms with E-state index in [1.807, 2.05) is 19.9 Å². The van der Waals surface area contributed by atoms with E-state index in [1.165, 1.54) is 28.0 Å². The Bertz CT molecular complexity index is 1130. The third-order valence-corrected chi connectivity index (χ3v) is 7.99. The molecule has 0 aromatic carbocycles. The molecule has 6 atom stereocenters. The smallest absolute Gasteiger partial charge is 0.356 e. The van der Waals surface area contributed by atoms with Gasteiger partial charge in [-0.25, -0.2) is 0 Å². The molecular formula is C24H30F3N7O4. The summed E-state index contributed by atoms with van der Waals surface area (Å²) in [5.74, 6) is -4.33. The summed E-state index contributed by atoms with van der Waals surface area (Å²) in [6.45, 7) is 4.22. The summed E-state index contributed by atoms with van der Waals surface area (Å²) in [5, 5.41) is 20.7. The van der Waals surface area contributed by atoms with E-state index in [0.29, 0.717) is 19.4 Å². The zero-order chi connectivity index (χ0) is 27.8. The molecule has 3 aliphatic rings. The number of nitriles is 1. The molecule has 0 bridgehead atoms. The highest BCUT2D eigenvalue weighted by Crippen LogP contribution is 2.64. The van der Waals surface area contributed by atoms with Crippen LogP contribution in [0.15, 0.2) is 18.5 Å². The lowest BCUT2D eigenvalue weighted by atomic mass is 9.97. The molecule has 3 N–H and O–H groups in total. The first kappa shape index (κ1) is 27.4. The molecule has 11 nitrogen and oxygen atoms in total. The van der Waals surface area contributed by atoms with E-state index < -0.39 is 42.0 Å². The monoisotopic (exact) mass is 537 g/mol. The highest BCUT2D eigenvalue weighted by molar-refractivity contribution is 5.94. The van der Waals surface area contributed by atoms with E-state index in [9.17, 15) is 37.6 Å². The van der Waals surface area contributed by atoms with Crippen LogP contribution in [0.1, 0.15) is 33.1 Å². The second-order valence-corrected chi connectivity index (χ2v) is 10.7. The lowest BCUT2D eigenvalue weighted by Gasteiger charge is -2.33. The van der Waals surface area contributed by atoms with Gasteiger partial charge < -0.3 is 20.9 Å². The first-order valence-electron chi connectivity index (χ1n) is 12.5. The largest absolute Gasteiger partial charge is 0.471 e. The standard InChI is InChI=1S/C24H30F3N7O4/c1-23(2)15-11-34(21(37)16(12-33-9-3-7-30-33)32-22(38)24(25,26)27)18(17(15)23)20(36)31-14(10-28)5-4-13-6-8-29-19(13)35/h3,7,9,13-18H,4-6,8,11-12H2,1-2H3,(H,29,35)(H,31,36)(H,32,38)/t13-,14+,15+,16+,17+,18+/m1/s1. The molecule has 1 aliphatic carbocycles. The van der Waals surface area contributed by atoms with Crippen molar-refractivity contribution in [2.24, 2.45) is 23.2 Å². The van der Waals surface area contributed by atoms with E-state index in [2.05, 4.69) is 15.7 Å². The van der Waals surface area contributed by atoms with Gasteiger partial charge in [-0.3, -0.25) is 23.9 Å². The number of rotatable bonds is 9. The van der Waals surface area contributed by atoms with E-state index in [1.54, 1.807) is 5.32 Å². The number of carbonyl (C=O) groups excluding carboxylic acids is 4. The van der Waals surface area contributed by atoms with Crippen molar-refractivity contribution in [1.82, 2.24) is 30.6 Å². The molecule has 0 radical (unpaired) electrons. The van der Waals surface area contributed by atoms with E-state index in [-0.39, 0.29) is 48.6 Å². The summed E-state index contributed by atoms with van der Waals surface area (Å²) in [6.07, 6.45) is -1.09. The number of nitrogens with zero attached hydrogens (tertiary/aromatic N) is 4. The third-order valence-electron chi connectivity index (χ3n) is 7.99. The predicted molar refractivity (Wildman–Crippen MR) is 124 cm³/mol. The van der Waals surface area contributed by atoms with Gasteiger partial charge in [0.25, 0.3) is 0 Å². The summed E-state index contributed by atoms with van der Waals surface area (Å²) < 4.78 is 40.3. The SMILES string of the molecule is CC1(C)[C@@H]2[C@@H](C(=O)N[C@H](C#N)CC[C@@H]3CCNC3=O)N(C(=O)[C@H](Cn3cccn3)NC(=O)C(F)(F)F)C[C@@H]21. The summed E-state index contributed by atoms with van der Waals surface area (Å²) in [6, 6.07) is 0.00529. The molecule has 3 fully saturated rings. The molecule has 38 heavy (non-hydrogen) atoms. The maximum atomic E-state index is 13.5. The number of nitrogens with one attached hydrogen (secondary N) is 3. The molecule has 1 aromatic heterocycles. The Labute approximate surface area is 217 Å². The van der Waals surface area contributed by atoms with Gasteiger partial charge in [-0.2, -0.15) is 23.5 Å². The topological polar surface area (TPSA) is 149 Å². The molecular weight excluding hydrogens is 507 g/mol. The van der Waals surface area contributed by atoms with Crippen LogP contribution in [0.4, 0.5) is 13.2 Å². The van der Waals surface area contributed by atoms with E-state index >= 15 is 0 Å². The summed E-state index contributed by atoms with van der Waals surface area (Å²) in [5.41, 5.74) is -0.282. The van der Waals surface area contributed by atoms with Crippen molar-refractivity contribution < 1.29 is 32.3 Å². The first-order valence-corrected chi connectivity index (χ1v) is 12.5. The molecule has 4 amide bonds. The van der Waals surface area contributed by atoms with Crippen LogP contribution in [0.5, 0.6) is 0 Å². The zero-order valence-corrected chi connectivity index (χ0v) is 21.0. The van der Waals surface area contributed by atoms with Crippen LogP contribution >= 0.6 is 0 Å². The van der Waals surface area contributed by atoms with Crippen molar-refractivity contribution in [3.8, 4) is 6.07 Å². The second-order valence-electron chi connectivity index (χ2n) is 10.7. The Morgan fingerprint density at radius 2 is 2.05 bits per heavy atom. The molecule has 0 spiro atoms. The number of fused-ring (bicyclic) bond motifs is 1. The van der Waals surface area contributed by atoms with Crippen molar-refractivity contribution in [2.75, 3.05) is 13.1 Å². The van der Waals surface area contributed by atoms with Crippen LogP contribution in [0.25, 0.3) is 0 Å². The Hall–Kier alpha value is -3.63. The van der Waals surface area contributed by atoms with Gasteiger partial charge in [0, 0.05) is 31.4 Å². The molecule has 14 heteroatoms. The van der Waals surface area contributed by atoms with Crippen LogP contribution in [0.2, 0.25) is 0 Å². The fraction of sp³-hybridized carbons (Fsp3) is 0.667.